The van der Waals surface area contributed by atoms with E-state index in [2.05, 4.69) is 19.9 Å². The summed E-state index contributed by atoms with van der Waals surface area (Å²) < 4.78 is 35.2. The Labute approximate surface area is 190 Å². The molecule has 3 aromatic rings. The second-order valence-electron chi connectivity index (χ2n) is 7.21. The van der Waals surface area contributed by atoms with Gasteiger partial charge in [0.05, 0.1) is 12.9 Å². The van der Waals surface area contributed by atoms with Gasteiger partial charge in [-0.2, -0.15) is 19.8 Å². The Bertz CT molecular complexity index is 1360. The summed E-state index contributed by atoms with van der Waals surface area (Å²) in [5.41, 5.74) is 10.8. The van der Waals surface area contributed by atoms with Crippen LogP contribution in [-0.2, 0) is 18.4 Å². The molecule has 1 aliphatic rings. The summed E-state index contributed by atoms with van der Waals surface area (Å²) in [4.78, 5) is 46.5. The van der Waals surface area contributed by atoms with Gasteiger partial charge in [-0.05, 0) is 10.6 Å². The highest BCUT2D eigenvalue weighted by atomic mass is 31.2. The smallest absolute Gasteiger partial charge is 0.387 e. The van der Waals surface area contributed by atoms with Crippen LogP contribution in [0.4, 0.5) is 11.6 Å². The third-order valence-corrected chi connectivity index (χ3v) is 7.78. The summed E-state index contributed by atoms with van der Waals surface area (Å²) >= 11 is 0. The topological polar surface area (TPSA) is 264 Å². The van der Waals surface area contributed by atoms with Crippen molar-refractivity contribution >= 4 is 38.4 Å². The van der Waals surface area contributed by atoms with Gasteiger partial charge in [0.1, 0.15) is 29.6 Å². The Morgan fingerprint density at radius 1 is 1.24 bits per heavy atom. The lowest BCUT2D eigenvalue weighted by molar-refractivity contribution is -0.0483. The molecule has 4 rings (SSSR count). The Hall–Kier alpha value is -2.88. The fourth-order valence-corrected chi connectivity index (χ4v) is 5.20. The van der Waals surface area contributed by atoms with Crippen molar-refractivity contribution in [2.45, 2.75) is 24.5 Å². The number of aromatic nitrogens is 6. The van der Waals surface area contributed by atoms with Gasteiger partial charge in [-0.1, -0.05) is 0 Å². The zero-order chi connectivity index (χ0) is 24.8. The van der Waals surface area contributed by atoms with Crippen molar-refractivity contribution in [1.82, 2.24) is 29.1 Å². The van der Waals surface area contributed by atoms with Crippen molar-refractivity contribution in [3.8, 4) is 5.95 Å². The summed E-state index contributed by atoms with van der Waals surface area (Å²) in [6.07, 6.45) is -3.19. The van der Waals surface area contributed by atoms with Crippen LogP contribution >= 0.6 is 15.6 Å². The summed E-state index contributed by atoms with van der Waals surface area (Å²) in [6, 6.07) is 1.35. The van der Waals surface area contributed by atoms with E-state index in [0.29, 0.717) is 0 Å². The van der Waals surface area contributed by atoms with Gasteiger partial charge in [-0.3, -0.25) is 9.13 Å². The monoisotopic (exact) mass is 517 g/mol. The highest BCUT2D eigenvalue weighted by molar-refractivity contribution is 7.64. The van der Waals surface area contributed by atoms with Gasteiger partial charge in [0.2, 0.25) is 5.95 Å². The van der Waals surface area contributed by atoms with E-state index in [9.17, 15) is 29.0 Å². The maximum atomic E-state index is 12.2. The number of aliphatic hydroxyl groups excluding tert-OH is 2. The molecule has 0 bridgehead atoms. The number of hydrogen-bond donors (Lipinski definition) is 6. The largest absolute Gasteiger partial charge is 0.518 e. The first kappa shape index (κ1) is 24.3. The predicted molar refractivity (Wildman–Crippen MR) is 114 cm³/mol. The molecule has 8 N–H and O–H groups in total. The van der Waals surface area contributed by atoms with E-state index in [0.717, 1.165) is 4.57 Å². The van der Waals surface area contributed by atoms with Gasteiger partial charge in [0.25, 0.3) is 5.90 Å². The second kappa shape index (κ2) is 9.05. The minimum absolute atomic E-state index is 0.0108. The quantitative estimate of drug-likeness (QED) is 0.186. The summed E-state index contributed by atoms with van der Waals surface area (Å²) in [7, 11) is -7.37. The fourth-order valence-electron chi connectivity index (χ4n) is 3.27. The summed E-state index contributed by atoms with van der Waals surface area (Å²) in [5.74, 6) is -1.28. The average Bonchev–Trinajstić information content (AvgIpc) is 3.27. The molecule has 182 valence electrons. The number of rotatable bonds is 7. The molecule has 0 aromatic carbocycles. The highest BCUT2D eigenvalue weighted by Gasteiger charge is 2.46. The highest BCUT2D eigenvalue weighted by Crippen LogP contribution is 2.49. The standard InChI is InChI=1S/C15H18N8O9P2/c16-7-1-2-22(15(26)19-7)14-20-11(17)8-12(21-14)23(4-18-8)13-10(25)9(24)6(32-13)3-31-34(29,30)5-33(27)28/h1-2,4,6,9-10,13,24-25H,3,5H2,(H5-,16,17,19,20,21,26,27,28,29,30)/p+1. The molecule has 4 heterocycles. The molecule has 6 atom stereocenters. The van der Waals surface area contributed by atoms with Crippen LogP contribution in [0.15, 0.2) is 23.4 Å². The molecule has 34 heavy (non-hydrogen) atoms. The molecular weight excluding hydrogens is 498 g/mol. The average molecular weight is 517 g/mol. The Morgan fingerprint density at radius 2 is 1.97 bits per heavy atom. The molecule has 0 spiro atoms. The van der Waals surface area contributed by atoms with Crippen molar-refractivity contribution < 1.29 is 38.4 Å². The van der Waals surface area contributed by atoms with Gasteiger partial charge in [-0.25, -0.2) is 14.3 Å². The zero-order valence-electron chi connectivity index (χ0n) is 17.0. The first-order valence-corrected chi connectivity index (χ1v) is 12.6. The van der Waals surface area contributed by atoms with Crippen LogP contribution in [0.3, 0.4) is 0 Å². The molecule has 17 nitrogen and oxygen atoms in total. The van der Waals surface area contributed by atoms with E-state index in [1.54, 1.807) is 0 Å². The van der Waals surface area contributed by atoms with E-state index in [-0.39, 0.29) is 28.7 Å². The Kier molecular flexibility index (Phi) is 6.46. The van der Waals surface area contributed by atoms with Crippen molar-refractivity contribution in [3.05, 3.63) is 29.1 Å². The van der Waals surface area contributed by atoms with E-state index in [1.807, 2.05) is 0 Å². The number of anilines is 2. The third-order valence-electron chi connectivity index (χ3n) is 4.83. The lowest BCUT2D eigenvalue weighted by Crippen LogP contribution is -2.33. The first-order chi connectivity index (χ1) is 16.0. The van der Waals surface area contributed by atoms with Crippen LogP contribution in [0.5, 0.6) is 0 Å². The van der Waals surface area contributed by atoms with E-state index in [4.69, 9.17) is 25.6 Å². The fraction of sp³-hybridized carbons (Fsp3) is 0.400. The molecule has 1 aliphatic heterocycles. The molecular formula is C15H19N8O9P2+. The summed E-state index contributed by atoms with van der Waals surface area (Å²) in [6.45, 7) is -0.660. The number of fused-ring (bicyclic) bond motifs is 1. The van der Waals surface area contributed by atoms with Gasteiger partial charge < -0.3 is 35.8 Å². The molecule has 0 amide bonds. The number of aliphatic hydroxyl groups is 2. The number of nitrogens with two attached hydrogens (primary N) is 2. The molecule has 6 unspecified atom stereocenters. The molecule has 1 saturated heterocycles. The van der Waals surface area contributed by atoms with Crippen molar-refractivity contribution in [1.29, 1.82) is 0 Å². The normalized spacial score (nSPS) is 24.9. The second-order valence-corrected chi connectivity index (χ2v) is 10.6. The molecule has 1 fully saturated rings. The molecule has 0 saturated carbocycles. The maximum Gasteiger partial charge on any atom is 0.518 e. The van der Waals surface area contributed by atoms with Crippen LogP contribution < -0.4 is 17.2 Å². The lowest BCUT2D eigenvalue weighted by Gasteiger charge is -2.17. The minimum Gasteiger partial charge on any atom is -0.387 e. The number of hydrogen-bond acceptors (Lipinski definition) is 13. The molecule has 0 aliphatic carbocycles. The predicted octanol–water partition coefficient (Wildman–Crippen LogP) is -1.95. The third kappa shape index (κ3) is 4.68. The van der Waals surface area contributed by atoms with Gasteiger partial charge in [0, 0.05) is 6.20 Å². The zero-order valence-corrected chi connectivity index (χ0v) is 18.8. The van der Waals surface area contributed by atoms with Crippen molar-refractivity contribution in [2.24, 2.45) is 0 Å². The van der Waals surface area contributed by atoms with E-state index >= 15 is 0 Å². The maximum absolute atomic E-state index is 12.2. The Balaban J connectivity index is 1.64. The van der Waals surface area contributed by atoms with Crippen molar-refractivity contribution in [2.75, 3.05) is 24.0 Å². The van der Waals surface area contributed by atoms with Crippen LogP contribution in [0, 0.1) is 0 Å². The van der Waals surface area contributed by atoms with Crippen LogP contribution in [-0.4, -0.2) is 79.9 Å². The number of ether oxygens (including phenoxy) is 1. The lowest BCUT2D eigenvalue weighted by atomic mass is 10.1. The van der Waals surface area contributed by atoms with Crippen LogP contribution in [0.25, 0.3) is 17.1 Å². The molecule has 0 radical (unpaired) electrons. The number of imidazole rings is 1. The number of nitrogens with zero attached hydrogens (tertiary/aromatic N) is 6. The number of nitrogen functional groups attached to an aromatic ring is 2. The molecule has 19 heteroatoms. The minimum atomic E-state index is -4.43. The van der Waals surface area contributed by atoms with E-state index in [1.165, 1.54) is 23.2 Å². The first-order valence-electron chi connectivity index (χ1n) is 9.44. The van der Waals surface area contributed by atoms with Gasteiger partial charge >= 0.3 is 21.3 Å². The van der Waals surface area contributed by atoms with E-state index < -0.39 is 58.4 Å². The Morgan fingerprint density at radius 3 is 2.65 bits per heavy atom. The van der Waals surface area contributed by atoms with Crippen LogP contribution in [0.2, 0.25) is 0 Å². The van der Waals surface area contributed by atoms with Gasteiger partial charge in [-0.15, -0.1) is 0 Å². The molecule has 3 aromatic heterocycles. The van der Waals surface area contributed by atoms with Crippen molar-refractivity contribution in [3.63, 3.8) is 0 Å². The van der Waals surface area contributed by atoms with Crippen LogP contribution in [0.1, 0.15) is 6.23 Å². The summed E-state index contributed by atoms with van der Waals surface area (Å²) in [5, 5.41) is 20.8. The SMILES string of the molecule is Nc1ccn(-c2nc(N)c3ncn(C4OC(COP(=O)(O)C[P+](=O)O)C(O)C4O)c3n2)c(=O)n1. The van der Waals surface area contributed by atoms with Gasteiger partial charge in [0.15, 0.2) is 17.7 Å².